The molecule has 0 saturated carbocycles. The van der Waals surface area contributed by atoms with Gasteiger partial charge in [-0.1, -0.05) is 36.5 Å². The standard InChI is InChI=1S/C24H25N3O4S3/c1-2-17-7-3-10-20-22(17)25-24(33-20)27(16-19-9-5-13-31-19)23(28)18-8-4-12-26(15-18)34(29,30)21-11-6-14-32-21/h3,5-7,9-11,13-14,18H,2,4,8,12,15-16H2,1H3. The number of furan rings is 1. The predicted octanol–water partition coefficient (Wildman–Crippen LogP) is 5.15. The van der Waals surface area contributed by atoms with Crippen LogP contribution in [0.4, 0.5) is 5.13 Å². The molecule has 1 atom stereocenters. The highest BCUT2D eigenvalue weighted by Crippen LogP contribution is 2.34. The van der Waals surface area contributed by atoms with Crippen LogP contribution in [0, 0.1) is 5.92 Å². The molecule has 1 saturated heterocycles. The number of carbonyl (C=O) groups is 1. The molecule has 0 spiro atoms. The molecule has 10 heteroatoms. The minimum absolute atomic E-state index is 0.125. The van der Waals surface area contributed by atoms with Crippen LogP contribution in [0.5, 0.6) is 0 Å². The third-order valence-corrected chi connectivity index (χ3v) is 10.4. The molecule has 178 valence electrons. The molecule has 1 aromatic carbocycles. The van der Waals surface area contributed by atoms with Gasteiger partial charge in [0.2, 0.25) is 5.91 Å². The largest absolute Gasteiger partial charge is 0.467 e. The smallest absolute Gasteiger partial charge is 0.252 e. The maximum absolute atomic E-state index is 13.8. The summed E-state index contributed by atoms with van der Waals surface area (Å²) in [7, 11) is -3.61. The first-order valence-electron chi connectivity index (χ1n) is 11.2. The van der Waals surface area contributed by atoms with Crippen molar-refractivity contribution in [2.45, 2.75) is 36.9 Å². The van der Waals surface area contributed by atoms with Crippen LogP contribution in [-0.4, -0.2) is 36.7 Å². The maximum Gasteiger partial charge on any atom is 0.252 e. The number of rotatable bonds is 7. The number of nitrogens with zero attached hydrogens (tertiary/aromatic N) is 3. The van der Waals surface area contributed by atoms with Crippen molar-refractivity contribution in [2.24, 2.45) is 5.92 Å². The van der Waals surface area contributed by atoms with E-state index >= 15 is 0 Å². The molecule has 0 bridgehead atoms. The number of piperidine rings is 1. The summed E-state index contributed by atoms with van der Waals surface area (Å²) in [6.45, 7) is 2.92. The Bertz CT molecular complexity index is 1380. The molecule has 4 aromatic rings. The number of fused-ring (bicyclic) bond motifs is 1. The lowest BCUT2D eigenvalue weighted by molar-refractivity contribution is -0.123. The number of hydrogen-bond donors (Lipinski definition) is 0. The number of benzene rings is 1. The summed E-state index contributed by atoms with van der Waals surface area (Å²) in [6, 6.07) is 13.0. The van der Waals surface area contributed by atoms with Gasteiger partial charge in [0.1, 0.15) is 9.97 Å². The van der Waals surface area contributed by atoms with E-state index in [1.165, 1.54) is 27.0 Å². The summed E-state index contributed by atoms with van der Waals surface area (Å²) in [6.07, 6.45) is 3.71. The highest BCUT2D eigenvalue weighted by Gasteiger charge is 2.36. The Morgan fingerprint density at radius 2 is 2.12 bits per heavy atom. The van der Waals surface area contributed by atoms with Gasteiger partial charge in [-0.2, -0.15) is 4.31 Å². The van der Waals surface area contributed by atoms with Gasteiger partial charge in [0.15, 0.2) is 5.13 Å². The second-order valence-corrected chi connectivity index (χ2v) is 12.4. The highest BCUT2D eigenvalue weighted by molar-refractivity contribution is 7.91. The van der Waals surface area contributed by atoms with E-state index in [4.69, 9.17) is 9.40 Å². The van der Waals surface area contributed by atoms with Crippen LogP contribution in [0.2, 0.25) is 0 Å². The molecule has 5 rings (SSSR count). The van der Waals surface area contributed by atoms with E-state index in [0.717, 1.165) is 22.2 Å². The SMILES string of the molecule is CCc1cccc2sc(N(Cc3ccco3)C(=O)C3CCCN(S(=O)(=O)c4cccs4)C3)nc12. The van der Waals surface area contributed by atoms with Crippen molar-refractivity contribution in [3.8, 4) is 0 Å². The van der Waals surface area contributed by atoms with Gasteiger partial charge in [0.25, 0.3) is 10.0 Å². The quantitative estimate of drug-likeness (QED) is 0.340. The summed E-state index contributed by atoms with van der Waals surface area (Å²) in [5.74, 6) is 0.0814. The van der Waals surface area contributed by atoms with Gasteiger partial charge in [-0.05, 0) is 54.5 Å². The van der Waals surface area contributed by atoms with Crippen LogP contribution in [0.15, 0.2) is 62.7 Å². The van der Waals surface area contributed by atoms with Gasteiger partial charge in [0.05, 0.1) is 28.9 Å². The number of anilines is 1. The van der Waals surface area contributed by atoms with Gasteiger partial charge in [0, 0.05) is 13.1 Å². The topological polar surface area (TPSA) is 83.7 Å². The van der Waals surface area contributed by atoms with Crippen molar-refractivity contribution in [3.05, 3.63) is 65.4 Å². The lowest BCUT2D eigenvalue weighted by atomic mass is 9.98. The molecule has 0 aliphatic carbocycles. The van der Waals surface area contributed by atoms with Gasteiger partial charge in [-0.25, -0.2) is 13.4 Å². The Labute approximate surface area is 206 Å². The van der Waals surface area contributed by atoms with Crippen LogP contribution >= 0.6 is 22.7 Å². The summed E-state index contributed by atoms with van der Waals surface area (Å²) < 4.78 is 34.5. The summed E-state index contributed by atoms with van der Waals surface area (Å²) in [5, 5.41) is 2.36. The second-order valence-electron chi connectivity index (χ2n) is 8.25. The maximum atomic E-state index is 13.8. The number of thiophene rings is 1. The number of aromatic nitrogens is 1. The highest BCUT2D eigenvalue weighted by atomic mass is 32.2. The van der Waals surface area contributed by atoms with Crippen LogP contribution in [0.3, 0.4) is 0 Å². The lowest BCUT2D eigenvalue weighted by Gasteiger charge is -2.33. The molecular weight excluding hydrogens is 490 g/mol. The third kappa shape index (κ3) is 4.43. The van der Waals surface area contributed by atoms with Gasteiger partial charge >= 0.3 is 0 Å². The van der Waals surface area contributed by atoms with Crippen molar-refractivity contribution in [1.82, 2.24) is 9.29 Å². The molecule has 1 aliphatic rings. The molecule has 1 unspecified atom stereocenters. The van der Waals surface area contributed by atoms with E-state index in [-0.39, 0.29) is 19.0 Å². The van der Waals surface area contributed by atoms with Crippen molar-refractivity contribution in [3.63, 3.8) is 0 Å². The van der Waals surface area contributed by atoms with E-state index < -0.39 is 15.9 Å². The van der Waals surface area contributed by atoms with Gasteiger partial charge in [-0.3, -0.25) is 9.69 Å². The number of aryl methyl sites for hydroxylation is 1. The zero-order valence-corrected chi connectivity index (χ0v) is 21.2. The van der Waals surface area contributed by atoms with E-state index in [1.807, 2.05) is 18.2 Å². The number of amides is 1. The fourth-order valence-electron chi connectivity index (χ4n) is 4.31. The summed E-state index contributed by atoms with van der Waals surface area (Å²) >= 11 is 2.67. The molecule has 34 heavy (non-hydrogen) atoms. The number of para-hydroxylation sites is 1. The Morgan fingerprint density at radius 1 is 1.24 bits per heavy atom. The van der Waals surface area contributed by atoms with Crippen LogP contribution in [0.1, 0.15) is 31.1 Å². The lowest BCUT2D eigenvalue weighted by Crippen LogP contribution is -2.46. The van der Waals surface area contributed by atoms with E-state index in [1.54, 1.807) is 34.7 Å². The minimum atomic E-state index is -3.61. The molecule has 1 fully saturated rings. The molecule has 1 aliphatic heterocycles. The molecular formula is C24H25N3O4S3. The first-order valence-corrected chi connectivity index (χ1v) is 14.4. The first-order chi connectivity index (χ1) is 16.5. The number of thiazole rings is 1. The molecule has 1 amide bonds. The Hall–Kier alpha value is -2.53. The molecule has 0 N–H and O–H groups in total. The average molecular weight is 516 g/mol. The van der Waals surface area contributed by atoms with Crippen molar-refractivity contribution >= 4 is 54.0 Å². The normalized spacial score (nSPS) is 17.3. The first kappa shape index (κ1) is 23.2. The number of carbonyl (C=O) groups excluding carboxylic acids is 1. The van der Waals surface area contributed by atoms with E-state index in [2.05, 4.69) is 13.0 Å². The summed E-state index contributed by atoms with van der Waals surface area (Å²) in [5.41, 5.74) is 2.05. The van der Waals surface area contributed by atoms with Crippen LogP contribution in [0.25, 0.3) is 10.2 Å². The van der Waals surface area contributed by atoms with Crippen molar-refractivity contribution in [1.29, 1.82) is 0 Å². The zero-order valence-electron chi connectivity index (χ0n) is 18.7. The molecule has 7 nitrogen and oxygen atoms in total. The number of sulfonamides is 1. The van der Waals surface area contributed by atoms with Crippen LogP contribution < -0.4 is 4.90 Å². The number of hydrogen-bond acceptors (Lipinski definition) is 7. The Kier molecular flexibility index (Phi) is 6.57. The predicted molar refractivity (Wildman–Crippen MR) is 135 cm³/mol. The Morgan fingerprint density at radius 3 is 2.85 bits per heavy atom. The second kappa shape index (κ2) is 9.61. The fraction of sp³-hybridized carbons (Fsp3) is 0.333. The zero-order chi connectivity index (χ0) is 23.7. The fourth-order valence-corrected chi connectivity index (χ4v) is 8.00. The molecule has 0 radical (unpaired) electrons. The van der Waals surface area contributed by atoms with Crippen molar-refractivity contribution < 1.29 is 17.6 Å². The summed E-state index contributed by atoms with van der Waals surface area (Å²) in [4.78, 5) is 20.3. The monoisotopic (exact) mass is 515 g/mol. The molecule has 3 aromatic heterocycles. The van der Waals surface area contributed by atoms with Gasteiger partial charge < -0.3 is 4.42 Å². The van der Waals surface area contributed by atoms with E-state index in [9.17, 15) is 13.2 Å². The Balaban J connectivity index is 1.46. The average Bonchev–Trinajstić information content (AvgIpc) is 3.63. The third-order valence-electron chi connectivity index (χ3n) is 6.09. The van der Waals surface area contributed by atoms with Crippen molar-refractivity contribution in [2.75, 3.05) is 18.0 Å². The van der Waals surface area contributed by atoms with E-state index in [0.29, 0.717) is 34.5 Å². The molecule has 4 heterocycles. The van der Waals surface area contributed by atoms with Crippen LogP contribution in [-0.2, 0) is 27.8 Å². The van der Waals surface area contributed by atoms with Gasteiger partial charge in [-0.15, -0.1) is 11.3 Å². The minimum Gasteiger partial charge on any atom is -0.467 e.